The van der Waals surface area contributed by atoms with Crippen molar-refractivity contribution in [3.63, 3.8) is 0 Å². The summed E-state index contributed by atoms with van der Waals surface area (Å²) >= 11 is 0. The molecule has 2 aromatic carbocycles. The second-order valence-electron chi connectivity index (χ2n) is 6.60. The van der Waals surface area contributed by atoms with Crippen LogP contribution in [0, 0.1) is 6.92 Å². The summed E-state index contributed by atoms with van der Waals surface area (Å²) in [4.78, 5) is 28.5. The number of carboxylic acid groups (broad SMARTS) is 1. The van der Waals surface area contributed by atoms with E-state index in [0.717, 1.165) is 37.4 Å². The van der Waals surface area contributed by atoms with Crippen LogP contribution in [0.3, 0.4) is 0 Å². The van der Waals surface area contributed by atoms with Gasteiger partial charge in [-0.15, -0.1) is 0 Å². The highest BCUT2D eigenvalue weighted by Gasteiger charge is 2.20. The summed E-state index contributed by atoms with van der Waals surface area (Å²) in [6.07, 6.45) is 0. The number of amides is 1. The van der Waals surface area contributed by atoms with Crippen molar-refractivity contribution in [2.75, 3.05) is 43.4 Å². The number of carbonyl (C=O) groups excluding carboxylic acids is 1. The second kappa shape index (κ2) is 7.58. The van der Waals surface area contributed by atoms with Gasteiger partial charge in [0.25, 0.3) is 5.91 Å². The van der Waals surface area contributed by atoms with E-state index in [1.807, 2.05) is 25.1 Å². The van der Waals surface area contributed by atoms with Crippen molar-refractivity contribution in [3.05, 3.63) is 59.2 Å². The Balaban J connectivity index is 1.92. The van der Waals surface area contributed by atoms with Crippen LogP contribution in [0.15, 0.2) is 42.5 Å². The van der Waals surface area contributed by atoms with Crippen LogP contribution < -0.4 is 10.2 Å². The van der Waals surface area contributed by atoms with Gasteiger partial charge in [-0.1, -0.05) is 18.2 Å². The average Bonchev–Trinajstić information content (AvgIpc) is 2.62. The number of likely N-dealkylation sites (N-methyl/N-ethyl adjacent to an activating group) is 1. The summed E-state index contributed by atoms with van der Waals surface area (Å²) in [5.41, 5.74) is 2.99. The number of piperazine rings is 1. The minimum absolute atomic E-state index is 0.156. The molecule has 0 aromatic heterocycles. The molecule has 3 rings (SSSR count). The third kappa shape index (κ3) is 3.86. The normalized spacial score (nSPS) is 14.9. The summed E-state index contributed by atoms with van der Waals surface area (Å²) in [7, 11) is 2.08. The smallest absolute Gasteiger partial charge is 0.335 e. The van der Waals surface area contributed by atoms with Gasteiger partial charge in [0.15, 0.2) is 0 Å². The number of hydrogen-bond donors (Lipinski definition) is 2. The Hall–Kier alpha value is -2.86. The van der Waals surface area contributed by atoms with E-state index < -0.39 is 5.97 Å². The Bertz CT molecular complexity index is 827. The van der Waals surface area contributed by atoms with Gasteiger partial charge in [-0.2, -0.15) is 0 Å². The van der Waals surface area contributed by atoms with Crippen molar-refractivity contribution in [1.82, 2.24) is 4.90 Å². The predicted molar refractivity (Wildman–Crippen MR) is 102 cm³/mol. The Morgan fingerprint density at radius 1 is 1.04 bits per heavy atom. The van der Waals surface area contributed by atoms with Crippen molar-refractivity contribution in [2.24, 2.45) is 0 Å². The zero-order chi connectivity index (χ0) is 18.7. The van der Waals surface area contributed by atoms with Gasteiger partial charge in [-0.3, -0.25) is 4.79 Å². The topological polar surface area (TPSA) is 72.9 Å². The van der Waals surface area contributed by atoms with Crippen molar-refractivity contribution in [3.8, 4) is 0 Å². The predicted octanol–water partition coefficient (Wildman–Crippen LogP) is 2.70. The van der Waals surface area contributed by atoms with E-state index in [-0.39, 0.29) is 11.5 Å². The Morgan fingerprint density at radius 3 is 2.38 bits per heavy atom. The minimum Gasteiger partial charge on any atom is -0.478 e. The molecule has 1 amide bonds. The van der Waals surface area contributed by atoms with Gasteiger partial charge in [0.1, 0.15) is 0 Å². The number of rotatable bonds is 4. The maximum absolute atomic E-state index is 12.7. The molecule has 1 heterocycles. The first-order valence-corrected chi connectivity index (χ1v) is 8.63. The molecular weight excluding hydrogens is 330 g/mol. The molecule has 2 aromatic rings. The fourth-order valence-corrected chi connectivity index (χ4v) is 3.11. The number of benzene rings is 2. The molecular formula is C20H23N3O3. The van der Waals surface area contributed by atoms with Crippen LogP contribution in [0.5, 0.6) is 0 Å². The number of aromatic carboxylic acids is 1. The van der Waals surface area contributed by atoms with Crippen molar-refractivity contribution in [2.45, 2.75) is 6.92 Å². The summed E-state index contributed by atoms with van der Waals surface area (Å²) < 4.78 is 0. The van der Waals surface area contributed by atoms with E-state index in [1.54, 1.807) is 18.2 Å². The van der Waals surface area contributed by atoms with Gasteiger partial charge in [0, 0.05) is 31.7 Å². The maximum atomic E-state index is 12.7. The molecule has 2 N–H and O–H groups in total. The zero-order valence-corrected chi connectivity index (χ0v) is 15.0. The van der Waals surface area contributed by atoms with Gasteiger partial charge < -0.3 is 20.2 Å². The van der Waals surface area contributed by atoms with Gasteiger partial charge in [0.2, 0.25) is 0 Å². The molecule has 26 heavy (non-hydrogen) atoms. The highest BCUT2D eigenvalue weighted by Crippen LogP contribution is 2.29. The maximum Gasteiger partial charge on any atom is 0.335 e. The molecule has 0 radical (unpaired) electrons. The lowest BCUT2D eigenvalue weighted by molar-refractivity contribution is 0.0696. The number of carbonyl (C=O) groups is 2. The number of anilines is 2. The average molecular weight is 353 g/mol. The molecule has 1 aliphatic heterocycles. The van der Waals surface area contributed by atoms with Gasteiger partial charge in [0.05, 0.1) is 16.9 Å². The number of nitrogens with zero attached hydrogens (tertiary/aromatic N) is 2. The molecule has 136 valence electrons. The Labute approximate surface area is 153 Å². The molecule has 0 atom stereocenters. The minimum atomic E-state index is -1.01. The molecule has 6 nitrogen and oxygen atoms in total. The van der Waals surface area contributed by atoms with Crippen molar-refractivity contribution in [1.29, 1.82) is 0 Å². The lowest BCUT2D eigenvalue weighted by Gasteiger charge is -2.35. The number of nitrogens with one attached hydrogen (secondary N) is 1. The van der Waals surface area contributed by atoms with Gasteiger partial charge in [-0.25, -0.2) is 4.79 Å². The third-order valence-electron chi connectivity index (χ3n) is 4.73. The lowest BCUT2D eigenvalue weighted by atomic mass is 10.1. The lowest BCUT2D eigenvalue weighted by Crippen LogP contribution is -2.44. The third-order valence-corrected chi connectivity index (χ3v) is 4.73. The summed E-state index contributed by atoms with van der Waals surface area (Å²) in [6, 6.07) is 12.2. The van der Waals surface area contributed by atoms with E-state index in [9.17, 15) is 14.7 Å². The molecule has 1 aliphatic rings. The highest BCUT2D eigenvalue weighted by atomic mass is 16.4. The van der Waals surface area contributed by atoms with Crippen LogP contribution in [-0.4, -0.2) is 55.1 Å². The standard InChI is InChI=1S/C20H23N3O3/c1-14-5-3-4-6-16(14)19(24)21-17-13-15(20(25)26)7-8-18(17)23-11-9-22(2)10-12-23/h3-8,13H,9-12H2,1-2H3,(H,21,24)(H,25,26). The molecule has 0 aliphatic carbocycles. The number of aryl methyl sites for hydroxylation is 1. The second-order valence-corrected chi connectivity index (χ2v) is 6.60. The van der Waals surface area contributed by atoms with Gasteiger partial charge >= 0.3 is 5.97 Å². The Kier molecular flexibility index (Phi) is 5.23. The van der Waals surface area contributed by atoms with E-state index in [0.29, 0.717) is 11.3 Å². The molecule has 6 heteroatoms. The van der Waals surface area contributed by atoms with E-state index in [2.05, 4.69) is 22.2 Å². The first kappa shape index (κ1) is 17.9. The first-order valence-electron chi connectivity index (χ1n) is 8.63. The molecule has 0 spiro atoms. The van der Waals surface area contributed by atoms with Crippen LogP contribution >= 0.6 is 0 Å². The zero-order valence-electron chi connectivity index (χ0n) is 15.0. The molecule has 0 saturated carbocycles. The summed E-state index contributed by atoms with van der Waals surface area (Å²) in [6.45, 7) is 5.38. The number of carboxylic acids is 1. The van der Waals surface area contributed by atoms with Crippen molar-refractivity contribution < 1.29 is 14.7 Å². The van der Waals surface area contributed by atoms with Crippen LogP contribution in [0.4, 0.5) is 11.4 Å². The molecule has 0 bridgehead atoms. The number of hydrogen-bond acceptors (Lipinski definition) is 4. The van der Waals surface area contributed by atoms with Crippen molar-refractivity contribution >= 4 is 23.3 Å². The van der Waals surface area contributed by atoms with Crippen LogP contribution in [0.25, 0.3) is 0 Å². The quantitative estimate of drug-likeness (QED) is 0.884. The van der Waals surface area contributed by atoms with E-state index >= 15 is 0 Å². The summed E-state index contributed by atoms with van der Waals surface area (Å²) in [5, 5.41) is 12.2. The van der Waals surface area contributed by atoms with Crippen LogP contribution in [-0.2, 0) is 0 Å². The summed E-state index contributed by atoms with van der Waals surface area (Å²) in [5.74, 6) is -1.25. The molecule has 1 fully saturated rings. The fraction of sp³-hybridized carbons (Fsp3) is 0.300. The highest BCUT2D eigenvalue weighted by molar-refractivity contribution is 6.07. The van der Waals surface area contributed by atoms with E-state index in [4.69, 9.17) is 0 Å². The largest absolute Gasteiger partial charge is 0.478 e. The molecule has 1 saturated heterocycles. The van der Waals surface area contributed by atoms with Crippen LogP contribution in [0.1, 0.15) is 26.3 Å². The first-order chi connectivity index (χ1) is 12.5. The van der Waals surface area contributed by atoms with Gasteiger partial charge in [-0.05, 0) is 43.8 Å². The fourth-order valence-electron chi connectivity index (χ4n) is 3.11. The van der Waals surface area contributed by atoms with Crippen LogP contribution in [0.2, 0.25) is 0 Å². The SMILES string of the molecule is Cc1ccccc1C(=O)Nc1cc(C(=O)O)ccc1N1CCN(C)CC1. The Morgan fingerprint density at radius 2 is 1.73 bits per heavy atom. The monoisotopic (exact) mass is 353 g/mol. The van der Waals surface area contributed by atoms with E-state index in [1.165, 1.54) is 6.07 Å². The molecule has 0 unspecified atom stereocenters.